The van der Waals surface area contributed by atoms with E-state index >= 15 is 0 Å². The van der Waals surface area contributed by atoms with Crippen molar-refractivity contribution in [2.24, 2.45) is 11.8 Å². The van der Waals surface area contributed by atoms with Gasteiger partial charge in [0.15, 0.2) is 0 Å². The maximum absolute atomic E-state index is 2.32. The van der Waals surface area contributed by atoms with Crippen molar-refractivity contribution in [3.63, 3.8) is 0 Å². The third-order valence-corrected chi connectivity index (χ3v) is 3.58. The van der Waals surface area contributed by atoms with Crippen LogP contribution in [-0.2, 0) is 0 Å². The van der Waals surface area contributed by atoms with E-state index in [-0.39, 0.29) is 0 Å². The van der Waals surface area contributed by atoms with E-state index in [0.29, 0.717) is 0 Å². The first kappa shape index (κ1) is 7.39. The molecule has 2 rings (SSSR count). The minimum Gasteiger partial charge on any atom is -0.0744 e. The van der Waals surface area contributed by atoms with Crippen molar-refractivity contribution >= 4 is 0 Å². The second-order valence-electron chi connectivity index (χ2n) is 4.39. The number of hydrogen-bond donors (Lipinski definition) is 0. The third-order valence-electron chi connectivity index (χ3n) is 3.58. The first-order chi connectivity index (χ1) is 5.27. The Balaban J connectivity index is 2.03. The van der Waals surface area contributed by atoms with Crippen molar-refractivity contribution in [2.45, 2.75) is 46.0 Å². The molecule has 0 aromatic rings. The maximum Gasteiger partial charge on any atom is -0.0318 e. The molecule has 0 bridgehead atoms. The Kier molecular flexibility index (Phi) is 1.78. The summed E-state index contributed by atoms with van der Waals surface area (Å²) in [5, 5.41) is 0. The monoisotopic (exact) mass is 150 g/mol. The van der Waals surface area contributed by atoms with Crippen LogP contribution in [0.5, 0.6) is 0 Å². The zero-order valence-electron chi connectivity index (χ0n) is 7.69. The Hall–Kier alpha value is -0.260. The predicted molar refractivity (Wildman–Crippen MR) is 48.4 cm³/mol. The molecule has 0 N–H and O–H groups in total. The van der Waals surface area contributed by atoms with Gasteiger partial charge in [-0.1, -0.05) is 11.1 Å². The van der Waals surface area contributed by atoms with Crippen LogP contribution in [0.4, 0.5) is 0 Å². The minimum atomic E-state index is 1.12. The molecular formula is C11H18. The van der Waals surface area contributed by atoms with Crippen LogP contribution in [0.2, 0.25) is 0 Å². The van der Waals surface area contributed by atoms with Gasteiger partial charge in [-0.05, 0) is 57.8 Å². The normalized spacial score (nSPS) is 37.6. The van der Waals surface area contributed by atoms with E-state index < -0.39 is 0 Å². The van der Waals surface area contributed by atoms with Gasteiger partial charge in [0, 0.05) is 0 Å². The minimum absolute atomic E-state index is 1.12. The lowest BCUT2D eigenvalue weighted by Gasteiger charge is -2.11. The predicted octanol–water partition coefficient (Wildman–Crippen LogP) is 3.53. The summed E-state index contributed by atoms with van der Waals surface area (Å²) in [5.74, 6) is 2.25. The molecule has 1 saturated carbocycles. The molecule has 0 aromatic carbocycles. The van der Waals surface area contributed by atoms with E-state index in [2.05, 4.69) is 13.8 Å². The van der Waals surface area contributed by atoms with E-state index in [4.69, 9.17) is 0 Å². The Labute approximate surface area is 69.7 Å². The molecule has 0 heteroatoms. The van der Waals surface area contributed by atoms with Crippen molar-refractivity contribution < 1.29 is 0 Å². The summed E-state index contributed by atoms with van der Waals surface area (Å²) in [4.78, 5) is 0. The number of allylic oxidation sites excluding steroid dienone is 2. The molecule has 0 unspecified atom stereocenters. The van der Waals surface area contributed by atoms with E-state index in [9.17, 15) is 0 Å². The summed E-state index contributed by atoms with van der Waals surface area (Å²) in [6.07, 6.45) is 7.27. The molecule has 0 radical (unpaired) electrons. The van der Waals surface area contributed by atoms with Crippen molar-refractivity contribution in [3.05, 3.63) is 11.1 Å². The smallest absolute Gasteiger partial charge is 0.0318 e. The van der Waals surface area contributed by atoms with Crippen molar-refractivity contribution in [3.8, 4) is 0 Å². The van der Waals surface area contributed by atoms with Crippen LogP contribution in [0.15, 0.2) is 11.1 Å². The lowest BCUT2D eigenvalue weighted by Crippen LogP contribution is -1.94. The molecule has 11 heavy (non-hydrogen) atoms. The molecular weight excluding hydrogens is 132 g/mol. The Morgan fingerprint density at radius 3 is 1.82 bits per heavy atom. The van der Waals surface area contributed by atoms with Gasteiger partial charge in [-0.2, -0.15) is 0 Å². The molecule has 0 spiro atoms. The van der Waals surface area contributed by atoms with Crippen LogP contribution in [0, 0.1) is 11.8 Å². The zero-order chi connectivity index (χ0) is 7.84. The molecule has 0 aromatic heterocycles. The van der Waals surface area contributed by atoms with Gasteiger partial charge in [0.2, 0.25) is 0 Å². The van der Waals surface area contributed by atoms with Gasteiger partial charge < -0.3 is 0 Å². The van der Waals surface area contributed by atoms with Crippen LogP contribution in [0.1, 0.15) is 46.0 Å². The second kappa shape index (κ2) is 2.66. The van der Waals surface area contributed by atoms with Crippen molar-refractivity contribution in [1.29, 1.82) is 0 Å². The average Bonchev–Trinajstić information content (AvgIpc) is 2.72. The highest BCUT2D eigenvalue weighted by atomic mass is 14.4. The van der Waals surface area contributed by atoms with Gasteiger partial charge >= 0.3 is 0 Å². The first-order valence-corrected chi connectivity index (χ1v) is 4.92. The summed E-state index contributed by atoms with van der Waals surface area (Å²) < 4.78 is 0. The molecule has 2 aliphatic carbocycles. The number of hydrogen-bond acceptors (Lipinski definition) is 0. The van der Waals surface area contributed by atoms with Crippen LogP contribution in [-0.4, -0.2) is 0 Å². The molecule has 0 nitrogen and oxygen atoms in total. The van der Waals surface area contributed by atoms with Crippen molar-refractivity contribution in [2.75, 3.05) is 0 Å². The van der Waals surface area contributed by atoms with Gasteiger partial charge in [0.25, 0.3) is 0 Å². The molecule has 1 fully saturated rings. The summed E-state index contributed by atoms with van der Waals surface area (Å²) in [6.45, 7) is 4.64. The zero-order valence-corrected chi connectivity index (χ0v) is 7.69. The van der Waals surface area contributed by atoms with E-state index in [0.717, 1.165) is 11.8 Å². The molecule has 0 saturated heterocycles. The van der Waals surface area contributed by atoms with Gasteiger partial charge in [-0.3, -0.25) is 0 Å². The number of rotatable bonds is 0. The SMILES string of the molecule is CC1=C(C)CC[C@H]2C[C@H]2CC1. The average molecular weight is 150 g/mol. The molecule has 2 aliphatic rings. The Morgan fingerprint density at radius 1 is 0.909 bits per heavy atom. The fraction of sp³-hybridized carbons (Fsp3) is 0.818. The lowest BCUT2D eigenvalue weighted by molar-refractivity contribution is 0.582. The standard InChI is InChI=1S/C11H18/c1-8-3-5-10-7-11(10)6-4-9(8)2/h10-11H,3-7H2,1-2H3/t10-,11+. The molecule has 62 valence electrons. The van der Waals surface area contributed by atoms with Crippen LogP contribution < -0.4 is 0 Å². The highest BCUT2D eigenvalue weighted by molar-refractivity contribution is 5.12. The van der Waals surface area contributed by atoms with Gasteiger partial charge in [-0.25, -0.2) is 0 Å². The van der Waals surface area contributed by atoms with Gasteiger partial charge in [0.05, 0.1) is 0 Å². The molecule has 0 heterocycles. The summed E-state index contributed by atoms with van der Waals surface area (Å²) in [7, 11) is 0. The van der Waals surface area contributed by atoms with E-state index in [1.54, 1.807) is 17.6 Å². The highest BCUT2D eigenvalue weighted by Gasteiger charge is 2.36. The fourth-order valence-electron chi connectivity index (χ4n) is 2.25. The highest BCUT2D eigenvalue weighted by Crippen LogP contribution is 2.47. The lowest BCUT2D eigenvalue weighted by atomic mass is 9.95. The van der Waals surface area contributed by atoms with E-state index in [1.807, 2.05) is 0 Å². The third kappa shape index (κ3) is 1.50. The Morgan fingerprint density at radius 2 is 1.36 bits per heavy atom. The quantitative estimate of drug-likeness (QED) is 0.463. The topological polar surface area (TPSA) is 0 Å². The van der Waals surface area contributed by atoms with Crippen LogP contribution in [0.3, 0.4) is 0 Å². The maximum atomic E-state index is 2.32. The first-order valence-electron chi connectivity index (χ1n) is 4.92. The summed E-state index contributed by atoms with van der Waals surface area (Å²) >= 11 is 0. The molecule has 2 atom stereocenters. The van der Waals surface area contributed by atoms with Crippen LogP contribution >= 0.6 is 0 Å². The second-order valence-corrected chi connectivity index (χ2v) is 4.39. The fourth-order valence-corrected chi connectivity index (χ4v) is 2.25. The summed E-state index contributed by atoms with van der Waals surface area (Å²) in [6, 6.07) is 0. The molecule has 0 amide bonds. The van der Waals surface area contributed by atoms with E-state index in [1.165, 1.54) is 25.7 Å². The molecule has 0 aliphatic heterocycles. The number of fused-ring (bicyclic) bond motifs is 1. The van der Waals surface area contributed by atoms with Gasteiger partial charge in [0.1, 0.15) is 0 Å². The van der Waals surface area contributed by atoms with Crippen LogP contribution in [0.25, 0.3) is 0 Å². The van der Waals surface area contributed by atoms with Gasteiger partial charge in [-0.15, -0.1) is 0 Å². The van der Waals surface area contributed by atoms with Crippen molar-refractivity contribution in [1.82, 2.24) is 0 Å². The largest absolute Gasteiger partial charge is 0.0744 e. The summed E-state index contributed by atoms with van der Waals surface area (Å²) in [5.41, 5.74) is 3.35. The Bertz CT molecular complexity index is 168.